The first-order valence-corrected chi connectivity index (χ1v) is 15.4. The maximum absolute atomic E-state index is 14.4. The minimum Gasteiger partial charge on any atom is -0.454 e. The Hall–Kier alpha value is -3.83. The van der Waals surface area contributed by atoms with Crippen molar-refractivity contribution < 1.29 is 27.1 Å². The third kappa shape index (κ3) is 5.96. The molecule has 0 bridgehead atoms. The topological polar surface area (TPSA) is 100 Å². The van der Waals surface area contributed by atoms with Gasteiger partial charge in [0.05, 0.1) is 11.4 Å². The number of fused-ring (bicyclic) bond motifs is 1. The standard InChI is InChI=1S/C30H33FN4O5S/c31-24-7-3-4-8-25(24)34-13-15-35(16-14-34)26-11-10-23(33-30(36)22-5-1-2-6-22)18-29(26)41(37,38)32-19-21-9-12-27-28(17-21)40-20-39-27/h3-4,7-12,17-18,22,32H,1-2,5-6,13-16,19-20H2,(H,33,36). The average molecular weight is 581 g/mol. The molecule has 2 N–H and O–H groups in total. The molecule has 0 spiro atoms. The van der Waals surface area contributed by atoms with Crippen LogP contribution in [-0.4, -0.2) is 47.3 Å². The summed E-state index contributed by atoms with van der Waals surface area (Å²) in [6, 6.07) is 17.0. The van der Waals surface area contributed by atoms with Crippen LogP contribution < -0.4 is 29.3 Å². The van der Waals surface area contributed by atoms with E-state index in [-0.39, 0.29) is 35.9 Å². The summed E-state index contributed by atoms with van der Waals surface area (Å²) in [5.74, 6) is 0.792. The number of hydrogen-bond acceptors (Lipinski definition) is 7. The van der Waals surface area contributed by atoms with Crippen LogP contribution >= 0.6 is 0 Å². The molecule has 1 saturated heterocycles. The van der Waals surface area contributed by atoms with E-state index in [2.05, 4.69) is 10.0 Å². The van der Waals surface area contributed by atoms with Crippen LogP contribution in [0.2, 0.25) is 0 Å². The largest absolute Gasteiger partial charge is 0.454 e. The van der Waals surface area contributed by atoms with Crippen molar-refractivity contribution in [1.29, 1.82) is 0 Å². The van der Waals surface area contributed by atoms with E-state index in [9.17, 15) is 17.6 Å². The van der Waals surface area contributed by atoms with E-state index in [0.29, 0.717) is 54.7 Å². The number of amides is 1. The van der Waals surface area contributed by atoms with E-state index in [1.54, 1.807) is 48.5 Å². The molecule has 3 aliphatic rings. The molecule has 216 valence electrons. The van der Waals surface area contributed by atoms with Crippen molar-refractivity contribution in [3.8, 4) is 11.5 Å². The second-order valence-corrected chi connectivity index (χ2v) is 12.3. The normalized spacial score (nSPS) is 17.2. The summed E-state index contributed by atoms with van der Waals surface area (Å²) in [4.78, 5) is 16.9. The summed E-state index contributed by atoms with van der Waals surface area (Å²) in [5, 5.41) is 2.93. The number of benzene rings is 3. The summed E-state index contributed by atoms with van der Waals surface area (Å²) < 4.78 is 55.4. The number of ether oxygens (including phenoxy) is 2. The van der Waals surface area contributed by atoms with Crippen molar-refractivity contribution >= 4 is 33.0 Å². The van der Waals surface area contributed by atoms with Crippen LogP contribution in [0.25, 0.3) is 0 Å². The van der Waals surface area contributed by atoms with Crippen LogP contribution in [0.5, 0.6) is 11.5 Å². The van der Waals surface area contributed by atoms with Crippen molar-refractivity contribution in [2.45, 2.75) is 37.1 Å². The number of piperazine rings is 1. The Labute approximate surface area is 239 Å². The van der Waals surface area contributed by atoms with Gasteiger partial charge in [0.25, 0.3) is 0 Å². The lowest BCUT2D eigenvalue weighted by Gasteiger charge is -2.38. The van der Waals surface area contributed by atoms with Gasteiger partial charge in [-0.25, -0.2) is 17.5 Å². The van der Waals surface area contributed by atoms with E-state index in [0.717, 1.165) is 31.2 Å². The Kier molecular flexibility index (Phi) is 7.72. The van der Waals surface area contributed by atoms with Crippen molar-refractivity contribution in [1.82, 2.24) is 4.72 Å². The zero-order valence-corrected chi connectivity index (χ0v) is 23.5. The molecule has 0 atom stereocenters. The molecule has 0 radical (unpaired) electrons. The first-order valence-electron chi connectivity index (χ1n) is 13.9. The molecule has 11 heteroatoms. The predicted octanol–water partition coefficient (Wildman–Crippen LogP) is 4.49. The van der Waals surface area contributed by atoms with Crippen LogP contribution in [0.15, 0.2) is 65.6 Å². The lowest BCUT2D eigenvalue weighted by Crippen LogP contribution is -2.47. The van der Waals surface area contributed by atoms with Gasteiger partial charge in [0, 0.05) is 44.3 Å². The van der Waals surface area contributed by atoms with Gasteiger partial charge in [-0.05, 0) is 60.9 Å². The quantitative estimate of drug-likeness (QED) is 0.405. The fourth-order valence-corrected chi connectivity index (χ4v) is 6.97. The Bertz CT molecular complexity index is 1540. The molecule has 2 heterocycles. The highest BCUT2D eigenvalue weighted by atomic mass is 32.2. The number of hydrogen-bond donors (Lipinski definition) is 2. The number of nitrogens with one attached hydrogen (secondary N) is 2. The minimum atomic E-state index is -3.99. The van der Waals surface area contributed by atoms with Gasteiger partial charge < -0.3 is 24.6 Å². The molecule has 1 amide bonds. The molecule has 9 nitrogen and oxygen atoms in total. The molecule has 1 aliphatic carbocycles. The number of rotatable bonds is 8. The van der Waals surface area contributed by atoms with Crippen LogP contribution in [-0.2, 0) is 21.4 Å². The van der Waals surface area contributed by atoms with Gasteiger partial charge in [0.15, 0.2) is 11.5 Å². The summed E-state index contributed by atoms with van der Waals surface area (Å²) in [6.07, 6.45) is 3.75. The molecule has 2 fully saturated rings. The average Bonchev–Trinajstić information content (AvgIpc) is 3.69. The van der Waals surface area contributed by atoms with Crippen LogP contribution in [0.1, 0.15) is 31.2 Å². The first-order chi connectivity index (χ1) is 19.9. The smallest absolute Gasteiger partial charge is 0.243 e. The van der Waals surface area contributed by atoms with Crippen molar-refractivity contribution in [3.63, 3.8) is 0 Å². The molecular weight excluding hydrogens is 547 g/mol. The van der Waals surface area contributed by atoms with Crippen molar-refractivity contribution in [3.05, 3.63) is 72.0 Å². The number of sulfonamides is 1. The zero-order valence-electron chi connectivity index (χ0n) is 22.6. The van der Waals surface area contributed by atoms with Gasteiger partial charge in [-0.15, -0.1) is 0 Å². The van der Waals surface area contributed by atoms with E-state index in [4.69, 9.17) is 9.47 Å². The Morgan fingerprint density at radius 2 is 1.59 bits per heavy atom. The van der Waals surface area contributed by atoms with Gasteiger partial charge >= 0.3 is 0 Å². The fraction of sp³-hybridized carbons (Fsp3) is 0.367. The Morgan fingerprint density at radius 1 is 0.878 bits per heavy atom. The van der Waals surface area contributed by atoms with E-state index in [1.165, 1.54) is 12.1 Å². The molecule has 0 aromatic heterocycles. The maximum Gasteiger partial charge on any atom is 0.243 e. The van der Waals surface area contributed by atoms with Crippen molar-refractivity contribution in [2.24, 2.45) is 5.92 Å². The zero-order chi connectivity index (χ0) is 28.4. The molecule has 3 aromatic carbocycles. The summed E-state index contributed by atoms with van der Waals surface area (Å²) in [7, 11) is -3.99. The van der Waals surface area contributed by atoms with Gasteiger partial charge in [-0.3, -0.25) is 4.79 Å². The fourth-order valence-electron chi connectivity index (χ4n) is 5.70. The van der Waals surface area contributed by atoms with E-state index in [1.807, 2.05) is 9.80 Å². The summed E-state index contributed by atoms with van der Waals surface area (Å²) in [5.41, 5.74) is 2.24. The lowest BCUT2D eigenvalue weighted by molar-refractivity contribution is -0.119. The van der Waals surface area contributed by atoms with E-state index >= 15 is 0 Å². The van der Waals surface area contributed by atoms with Gasteiger partial charge in [0.2, 0.25) is 22.7 Å². The van der Waals surface area contributed by atoms with Crippen LogP contribution in [0.3, 0.4) is 0 Å². The van der Waals surface area contributed by atoms with Crippen LogP contribution in [0.4, 0.5) is 21.5 Å². The Morgan fingerprint density at radius 3 is 2.34 bits per heavy atom. The molecule has 1 saturated carbocycles. The number of para-hydroxylation sites is 1. The summed E-state index contributed by atoms with van der Waals surface area (Å²) >= 11 is 0. The molecule has 3 aromatic rings. The second kappa shape index (κ2) is 11.6. The maximum atomic E-state index is 14.4. The predicted molar refractivity (Wildman–Crippen MR) is 154 cm³/mol. The number of carbonyl (C=O) groups excluding carboxylic acids is 1. The lowest BCUT2D eigenvalue weighted by atomic mass is 10.1. The molecule has 2 aliphatic heterocycles. The third-order valence-corrected chi connectivity index (χ3v) is 9.39. The number of halogens is 1. The highest BCUT2D eigenvalue weighted by Crippen LogP contribution is 2.34. The van der Waals surface area contributed by atoms with E-state index < -0.39 is 10.0 Å². The highest BCUT2D eigenvalue weighted by molar-refractivity contribution is 7.89. The second-order valence-electron chi connectivity index (χ2n) is 10.6. The Balaban J connectivity index is 1.24. The summed E-state index contributed by atoms with van der Waals surface area (Å²) in [6.45, 7) is 2.27. The highest BCUT2D eigenvalue weighted by Gasteiger charge is 2.28. The molecule has 41 heavy (non-hydrogen) atoms. The van der Waals surface area contributed by atoms with Gasteiger partial charge in [-0.2, -0.15) is 0 Å². The van der Waals surface area contributed by atoms with Gasteiger partial charge in [-0.1, -0.05) is 31.0 Å². The SMILES string of the molecule is O=C(Nc1ccc(N2CCN(c3ccccc3F)CC2)c(S(=O)(=O)NCc2ccc3c(c2)OCO3)c1)C1CCCC1. The number of anilines is 3. The minimum absolute atomic E-state index is 0.0506. The molecular formula is C30H33FN4O5S. The van der Waals surface area contributed by atoms with Gasteiger partial charge in [0.1, 0.15) is 10.7 Å². The third-order valence-electron chi connectivity index (χ3n) is 7.96. The molecule has 0 unspecified atom stereocenters. The monoisotopic (exact) mass is 580 g/mol. The molecule has 6 rings (SSSR count). The van der Waals surface area contributed by atoms with Crippen LogP contribution in [0, 0.1) is 11.7 Å². The first kappa shape index (κ1) is 27.3. The van der Waals surface area contributed by atoms with Crippen molar-refractivity contribution in [2.75, 3.05) is 48.1 Å². The number of carbonyl (C=O) groups is 1. The number of nitrogens with zero attached hydrogens (tertiary/aromatic N) is 2.